The average molecular weight is 300 g/mol. The fraction of sp³-hybridized carbons (Fsp3) is 0.118. The first-order valence-electron chi connectivity index (χ1n) is 6.24. The predicted octanol–water partition coefficient (Wildman–Crippen LogP) is 4.99. The van der Waals surface area contributed by atoms with Crippen molar-refractivity contribution < 1.29 is 4.79 Å². The predicted molar refractivity (Wildman–Crippen MR) is 93.1 cm³/mol. The van der Waals surface area contributed by atoms with Crippen molar-refractivity contribution in [3.8, 4) is 0 Å². The van der Waals surface area contributed by atoms with Gasteiger partial charge in [0.2, 0.25) is 0 Å². The number of hydrogen-bond donors (Lipinski definition) is 0. The zero-order chi connectivity index (χ0) is 14.4. The summed E-state index contributed by atoms with van der Waals surface area (Å²) in [7, 11) is 0. The lowest BCUT2D eigenvalue weighted by Gasteiger charge is -2.01. The molecule has 0 unspecified atom stereocenters. The number of hydrogen-bond acceptors (Lipinski definition) is 3. The Morgan fingerprint density at radius 2 is 1.70 bits per heavy atom. The summed E-state index contributed by atoms with van der Waals surface area (Å²) < 4.78 is 1.03. The molecule has 0 amide bonds. The molecule has 0 aliphatic heterocycles. The second-order valence-electron chi connectivity index (χ2n) is 4.18. The van der Waals surface area contributed by atoms with Gasteiger partial charge in [0.1, 0.15) is 0 Å². The molecule has 0 spiro atoms. The topological polar surface area (TPSA) is 17.1 Å². The summed E-state index contributed by atoms with van der Waals surface area (Å²) in [5, 5.41) is 2.35. The Morgan fingerprint density at radius 3 is 2.45 bits per heavy atom. The van der Waals surface area contributed by atoms with Gasteiger partial charge in [-0.25, -0.2) is 0 Å². The van der Waals surface area contributed by atoms with Crippen LogP contribution in [0, 0.1) is 0 Å². The SMILES string of the molecule is CSC(=CC(=O)/C=C/c1cccc2ccccc12)SC. The molecule has 0 heterocycles. The molecule has 0 radical (unpaired) electrons. The fourth-order valence-electron chi connectivity index (χ4n) is 1.93. The quantitative estimate of drug-likeness (QED) is 0.724. The van der Waals surface area contributed by atoms with Crippen molar-refractivity contribution in [2.45, 2.75) is 0 Å². The van der Waals surface area contributed by atoms with Crippen molar-refractivity contribution >= 4 is 46.2 Å². The molecule has 2 rings (SSSR count). The molecule has 1 nitrogen and oxygen atoms in total. The van der Waals surface area contributed by atoms with Gasteiger partial charge in [-0.1, -0.05) is 48.5 Å². The molecule has 0 bridgehead atoms. The van der Waals surface area contributed by atoms with Gasteiger partial charge in [-0.3, -0.25) is 4.79 Å². The summed E-state index contributed by atoms with van der Waals surface area (Å²) >= 11 is 3.18. The maximum absolute atomic E-state index is 11.9. The van der Waals surface area contributed by atoms with Crippen LogP contribution >= 0.6 is 23.5 Å². The number of thioether (sulfide) groups is 2. The van der Waals surface area contributed by atoms with E-state index in [4.69, 9.17) is 0 Å². The Kier molecular flexibility index (Phi) is 5.50. The maximum atomic E-state index is 11.9. The van der Waals surface area contributed by atoms with Crippen LogP contribution < -0.4 is 0 Å². The number of carbonyl (C=O) groups excluding carboxylic acids is 1. The van der Waals surface area contributed by atoms with Gasteiger partial charge in [0.15, 0.2) is 5.78 Å². The van der Waals surface area contributed by atoms with E-state index in [1.807, 2.05) is 42.9 Å². The second-order valence-corrected chi connectivity index (χ2v) is 6.13. The van der Waals surface area contributed by atoms with E-state index in [1.54, 1.807) is 35.7 Å². The Morgan fingerprint density at radius 1 is 1.00 bits per heavy atom. The highest BCUT2D eigenvalue weighted by Gasteiger charge is 1.99. The van der Waals surface area contributed by atoms with Gasteiger partial charge < -0.3 is 0 Å². The highest BCUT2D eigenvalue weighted by molar-refractivity contribution is 8.21. The lowest BCUT2D eigenvalue weighted by Crippen LogP contribution is -1.87. The normalized spacial score (nSPS) is 10.9. The molecule has 0 fully saturated rings. The van der Waals surface area contributed by atoms with E-state index in [0.29, 0.717) is 0 Å². The zero-order valence-electron chi connectivity index (χ0n) is 11.5. The number of ketones is 1. The first-order valence-corrected chi connectivity index (χ1v) is 8.69. The largest absolute Gasteiger partial charge is 0.290 e. The molecule has 3 heteroatoms. The second kappa shape index (κ2) is 7.36. The maximum Gasteiger partial charge on any atom is 0.180 e. The van der Waals surface area contributed by atoms with Crippen molar-refractivity contribution in [1.29, 1.82) is 0 Å². The molecule has 2 aromatic rings. The molecule has 0 atom stereocenters. The lowest BCUT2D eigenvalue weighted by atomic mass is 10.0. The summed E-state index contributed by atoms with van der Waals surface area (Å²) in [6, 6.07) is 14.3. The van der Waals surface area contributed by atoms with E-state index in [-0.39, 0.29) is 5.78 Å². The van der Waals surface area contributed by atoms with Gasteiger partial charge in [0, 0.05) is 10.3 Å². The molecule has 0 saturated carbocycles. The smallest absolute Gasteiger partial charge is 0.180 e. The third kappa shape index (κ3) is 3.78. The minimum Gasteiger partial charge on any atom is -0.290 e. The zero-order valence-corrected chi connectivity index (χ0v) is 13.1. The molecule has 0 aliphatic carbocycles. The van der Waals surface area contributed by atoms with Crippen molar-refractivity contribution in [2.75, 3.05) is 12.5 Å². The van der Waals surface area contributed by atoms with Crippen LogP contribution in [-0.2, 0) is 4.79 Å². The number of allylic oxidation sites excluding steroid dienone is 2. The Bertz CT molecular complexity index is 660. The van der Waals surface area contributed by atoms with Gasteiger partial charge in [-0.2, -0.15) is 0 Å². The van der Waals surface area contributed by atoms with Crippen molar-refractivity contribution in [3.05, 3.63) is 64.4 Å². The van der Waals surface area contributed by atoms with Crippen LogP contribution in [0.4, 0.5) is 0 Å². The van der Waals surface area contributed by atoms with Gasteiger partial charge >= 0.3 is 0 Å². The molecule has 0 N–H and O–H groups in total. The third-order valence-corrected chi connectivity index (χ3v) is 4.95. The van der Waals surface area contributed by atoms with Crippen LogP contribution in [0.25, 0.3) is 16.8 Å². The van der Waals surface area contributed by atoms with E-state index < -0.39 is 0 Å². The van der Waals surface area contributed by atoms with Crippen molar-refractivity contribution in [2.24, 2.45) is 0 Å². The molecular weight excluding hydrogens is 284 g/mol. The van der Waals surface area contributed by atoms with Gasteiger partial charge in [0.25, 0.3) is 0 Å². The highest BCUT2D eigenvalue weighted by atomic mass is 32.2. The van der Waals surface area contributed by atoms with Crippen LogP contribution in [0.2, 0.25) is 0 Å². The van der Waals surface area contributed by atoms with Crippen LogP contribution in [0.5, 0.6) is 0 Å². The summed E-state index contributed by atoms with van der Waals surface area (Å²) in [6.45, 7) is 0. The molecule has 0 aromatic heterocycles. The van der Waals surface area contributed by atoms with E-state index >= 15 is 0 Å². The molecule has 2 aromatic carbocycles. The van der Waals surface area contributed by atoms with Gasteiger partial charge in [-0.15, -0.1) is 23.5 Å². The van der Waals surface area contributed by atoms with Crippen molar-refractivity contribution in [1.82, 2.24) is 0 Å². The van der Waals surface area contributed by atoms with Crippen LogP contribution in [0.3, 0.4) is 0 Å². The fourth-order valence-corrected chi connectivity index (χ4v) is 3.07. The van der Waals surface area contributed by atoms with Crippen LogP contribution in [0.15, 0.2) is 58.9 Å². The van der Waals surface area contributed by atoms with Gasteiger partial charge in [-0.05, 0) is 34.9 Å². The average Bonchev–Trinajstić information content (AvgIpc) is 2.50. The Balaban J connectivity index is 2.26. The number of benzene rings is 2. The standard InChI is InChI=1S/C17H16OS2/c1-19-17(20-2)12-15(18)11-10-14-8-5-7-13-6-3-4-9-16(13)14/h3-12H,1-2H3/b11-10+. The molecule has 0 aliphatic rings. The first-order chi connectivity index (χ1) is 9.74. The van der Waals surface area contributed by atoms with E-state index in [2.05, 4.69) is 18.2 Å². The Labute approximate surface area is 128 Å². The molecular formula is C17H16OS2. The molecule has 20 heavy (non-hydrogen) atoms. The van der Waals surface area contributed by atoms with E-state index in [9.17, 15) is 4.79 Å². The first kappa shape index (κ1) is 14.9. The lowest BCUT2D eigenvalue weighted by molar-refractivity contribution is -0.110. The molecule has 102 valence electrons. The van der Waals surface area contributed by atoms with Crippen molar-refractivity contribution in [3.63, 3.8) is 0 Å². The van der Waals surface area contributed by atoms with Crippen LogP contribution in [0.1, 0.15) is 5.56 Å². The minimum absolute atomic E-state index is 0.0247. The number of rotatable bonds is 5. The van der Waals surface area contributed by atoms with E-state index in [1.165, 1.54) is 5.39 Å². The molecule has 0 saturated heterocycles. The Hall–Kier alpha value is -1.45. The summed E-state index contributed by atoms with van der Waals surface area (Å²) in [6.07, 6.45) is 9.15. The van der Waals surface area contributed by atoms with E-state index in [0.717, 1.165) is 15.2 Å². The summed E-state index contributed by atoms with van der Waals surface area (Å²) in [5.74, 6) is 0.0247. The minimum atomic E-state index is 0.0247. The monoisotopic (exact) mass is 300 g/mol. The summed E-state index contributed by atoms with van der Waals surface area (Å²) in [4.78, 5) is 11.9. The summed E-state index contributed by atoms with van der Waals surface area (Å²) in [5.41, 5.74) is 1.07. The van der Waals surface area contributed by atoms with Gasteiger partial charge in [0.05, 0.1) is 0 Å². The number of carbonyl (C=O) groups is 1. The number of fused-ring (bicyclic) bond motifs is 1. The van der Waals surface area contributed by atoms with Crippen LogP contribution in [-0.4, -0.2) is 18.3 Å². The highest BCUT2D eigenvalue weighted by Crippen LogP contribution is 2.23. The third-order valence-electron chi connectivity index (χ3n) is 2.91.